The highest BCUT2D eigenvalue weighted by Crippen LogP contribution is 2.21. The molecule has 1 atom stereocenters. The van der Waals surface area contributed by atoms with E-state index in [1.807, 2.05) is 0 Å². The summed E-state index contributed by atoms with van der Waals surface area (Å²) in [7, 11) is 0. The number of esters is 1. The number of nitrogens with zero attached hydrogens (tertiary/aromatic N) is 1. The Hall–Kier alpha value is -2.41. The second-order valence-electron chi connectivity index (χ2n) is 6.21. The zero-order chi connectivity index (χ0) is 17.6. The molecule has 2 amide bonds. The molecule has 0 aliphatic carbocycles. The summed E-state index contributed by atoms with van der Waals surface area (Å²) in [4.78, 5) is 37.1. The van der Waals surface area contributed by atoms with Gasteiger partial charge < -0.3 is 19.7 Å². The first-order valence-corrected chi connectivity index (χ1v) is 8.59. The van der Waals surface area contributed by atoms with Crippen LogP contribution in [0.2, 0.25) is 0 Å². The van der Waals surface area contributed by atoms with Gasteiger partial charge in [-0.3, -0.25) is 9.59 Å². The van der Waals surface area contributed by atoms with E-state index in [-0.39, 0.29) is 24.5 Å². The van der Waals surface area contributed by atoms with E-state index in [0.29, 0.717) is 25.1 Å². The number of carbonyl (C=O) groups is 3. The first-order chi connectivity index (χ1) is 12.1. The number of nitrogens with one attached hydrogen (secondary N) is 1. The Morgan fingerprint density at radius 1 is 1.24 bits per heavy atom. The van der Waals surface area contributed by atoms with Gasteiger partial charge in [0.05, 0.1) is 11.7 Å². The number of ether oxygens (including phenoxy) is 2. The van der Waals surface area contributed by atoms with Gasteiger partial charge in [0, 0.05) is 31.8 Å². The van der Waals surface area contributed by atoms with Crippen LogP contribution in [-0.4, -0.2) is 50.2 Å². The number of rotatable bonds is 6. The number of amides is 2. The Morgan fingerprint density at radius 2 is 2.04 bits per heavy atom. The average Bonchev–Trinajstić information content (AvgIpc) is 3.29. The molecule has 1 N–H and O–H groups in total. The maximum absolute atomic E-state index is 12.0. The Bertz CT molecular complexity index is 637. The van der Waals surface area contributed by atoms with Gasteiger partial charge in [0.15, 0.2) is 6.61 Å². The summed E-state index contributed by atoms with van der Waals surface area (Å²) >= 11 is 0. The van der Waals surface area contributed by atoms with Crippen molar-refractivity contribution < 1.29 is 23.9 Å². The zero-order valence-corrected chi connectivity index (χ0v) is 14.0. The molecule has 0 aromatic heterocycles. The van der Waals surface area contributed by atoms with Crippen molar-refractivity contribution in [3.8, 4) is 0 Å². The van der Waals surface area contributed by atoms with Crippen LogP contribution >= 0.6 is 0 Å². The Morgan fingerprint density at radius 3 is 2.68 bits per heavy atom. The van der Waals surface area contributed by atoms with Crippen LogP contribution in [0.5, 0.6) is 0 Å². The third kappa shape index (κ3) is 4.57. The number of carbonyl (C=O) groups excluding carboxylic acids is 3. The van der Waals surface area contributed by atoms with E-state index in [2.05, 4.69) is 5.32 Å². The van der Waals surface area contributed by atoms with E-state index >= 15 is 0 Å². The van der Waals surface area contributed by atoms with Crippen molar-refractivity contribution in [1.29, 1.82) is 0 Å². The van der Waals surface area contributed by atoms with Crippen molar-refractivity contribution in [1.82, 2.24) is 5.32 Å². The summed E-state index contributed by atoms with van der Waals surface area (Å²) in [5.74, 6) is -0.812. The largest absolute Gasteiger partial charge is 0.452 e. The van der Waals surface area contributed by atoms with E-state index in [9.17, 15) is 14.4 Å². The lowest BCUT2D eigenvalue weighted by Gasteiger charge is -2.15. The highest BCUT2D eigenvalue weighted by Gasteiger charge is 2.22. The molecule has 2 fully saturated rings. The molecule has 2 heterocycles. The van der Waals surface area contributed by atoms with Gasteiger partial charge >= 0.3 is 5.97 Å². The van der Waals surface area contributed by atoms with Gasteiger partial charge in [-0.15, -0.1) is 0 Å². The number of hydrogen-bond acceptors (Lipinski definition) is 5. The van der Waals surface area contributed by atoms with E-state index in [1.165, 1.54) is 0 Å². The predicted molar refractivity (Wildman–Crippen MR) is 90.3 cm³/mol. The smallest absolute Gasteiger partial charge is 0.338 e. The van der Waals surface area contributed by atoms with Crippen molar-refractivity contribution >= 4 is 23.5 Å². The molecule has 7 heteroatoms. The topological polar surface area (TPSA) is 84.9 Å². The lowest BCUT2D eigenvalue weighted by molar-refractivity contribution is -0.124. The SMILES string of the molecule is O=C(COC(=O)c1ccc(N2CCCC2=O)cc1)NC[C@@H]1CCCO1. The first kappa shape index (κ1) is 17.4. The van der Waals surface area contributed by atoms with Crippen molar-refractivity contribution in [2.75, 3.05) is 31.2 Å². The molecular weight excluding hydrogens is 324 g/mol. The standard InChI is InChI=1S/C18H22N2O5/c21-16(19-11-15-3-2-10-24-15)12-25-18(23)13-5-7-14(8-6-13)20-9-1-4-17(20)22/h5-8,15H,1-4,9-12H2,(H,19,21)/t15-/m0/s1. The molecule has 0 saturated carbocycles. The lowest BCUT2D eigenvalue weighted by Crippen LogP contribution is -2.34. The van der Waals surface area contributed by atoms with Crippen LogP contribution < -0.4 is 10.2 Å². The normalized spacial score (nSPS) is 19.9. The Labute approximate surface area is 146 Å². The van der Waals surface area contributed by atoms with Crippen molar-refractivity contribution in [2.24, 2.45) is 0 Å². The quantitative estimate of drug-likeness (QED) is 0.784. The fourth-order valence-corrected chi connectivity index (χ4v) is 3.00. The van der Waals surface area contributed by atoms with Crippen LogP contribution in [0.3, 0.4) is 0 Å². The van der Waals surface area contributed by atoms with E-state index < -0.39 is 5.97 Å². The molecule has 1 aromatic carbocycles. The monoisotopic (exact) mass is 346 g/mol. The molecule has 134 valence electrons. The van der Waals surface area contributed by atoms with Crippen LogP contribution in [0.15, 0.2) is 24.3 Å². The molecule has 0 spiro atoms. The molecular formula is C18H22N2O5. The predicted octanol–water partition coefficient (Wildman–Crippen LogP) is 1.27. The third-order valence-electron chi connectivity index (χ3n) is 4.37. The van der Waals surface area contributed by atoms with E-state index in [4.69, 9.17) is 9.47 Å². The van der Waals surface area contributed by atoms with Crippen LogP contribution in [0.1, 0.15) is 36.0 Å². The van der Waals surface area contributed by atoms with Crippen LogP contribution in [-0.2, 0) is 19.1 Å². The summed E-state index contributed by atoms with van der Waals surface area (Å²) in [6, 6.07) is 6.65. The molecule has 7 nitrogen and oxygen atoms in total. The van der Waals surface area contributed by atoms with Crippen LogP contribution in [0.4, 0.5) is 5.69 Å². The number of anilines is 1. The van der Waals surface area contributed by atoms with Crippen molar-refractivity contribution in [3.63, 3.8) is 0 Å². The van der Waals surface area contributed by atoms with Gasteiger partial charge in [-0.1, -0.05) is 0 Å². The summed E-state index contributed by atoms with van der Waals surface area (Å²) in [6.45, 7) is 1.55. The molecule has 2 aliphatic heterocycles. The zero-order valence-electron chi connectivity index (χ0n) is 14.0. The third-order valence-corrected chi connectivity index (χ3v) is 4.37. The minimum absolute atomic E-state index is 0.0560. The highest BCUT2D eigenvalue weighted by molar-refractivity contribution is 5.96. The lowest BCUT2D eigenvalue weighted by atomic mass is 10.2. The maximum atomic E-state index is 12.0. The minimum atomic E-state index is -0.563. The highest BCUT2D eigenvalue weighted by atomic mass is 16.5. The maximum Gasteiger partial charge on any atom is 0.338 e. The fourth-order valence-electron chi connectivity index (χ4n) is 3.00. The minimum Gasteiger partial charge on any atom is -0.452 e. The fraction of sp³-hybridized carbons (Fsp3) is 0.500. The second kappa shape index (κ2) is 8.11. The summed E-state index contributed by atoms with van der Waals surface area (Å²) in [6.07, 6.45) is 3.41. The van der Waals surface area contributed by atoms with E-state index in [0.717, 1.165) is 31.6 Å². The number of hydrogen-bond donors (Lipinski definition) is 1. The number of benzene rings is 1. The molecule has 0 unspecified atom stereocenters. The van der Waals surface area contributed by atoms with Gasteiger partial charge in [0.2, 0.25) is 5.91 Å². The molecule has 25 heavy (non-hydrogen) atoms. The van der Waals surface area contributed by atoms with Gasteiger partial charge in [-0.25, -0.2) is 4.79 Å². The molecule has 1 aromatic rings. The molecule has 3 rings (SSSR count). The second-order valence-corrected chi connectivity index (χ2v) is 6.21. The Kier molecular flexibility index (Phi) is 5.65. The Balaban J connectivity index is 1.44. The van der Waals surface area contributed by atoms with Gasteiger partial charge in [0.1, 0.15) is 0 Å². The molecule has 0 bridgehead atoms. The van der Waals surface area contributed by atoms with E-state index in [1.54, 1.807) is 29.2 Å². The molecule has 0 radical (unpaired) electrons. The van der Waals surface area contributed by atoms with Gasteiger partial charge in [-0.2, -0.15) is 0 Å². The molecule has 2 saturated heterocycles. The van der Waals surface area contributed by atoms with Crippen LogP contribution in [0.25, 0.3) is 0 Å². The first-order valence-electron chi connectivity index (χ1n) is 8.59. The van der Waals surface area contributed by atoms with Crippen molar-refractivity contribution in [3.05, 3.63) is 29.8 Å². The van der Waals surface area contributed by atoms with Gasteiger partial charge in [-0.05, 0) is 43.5 Å². The molecule has 2 aliphatic rings. The summed E-state index contributed by atoms with van der Waals surface area (Å²) < 4.78 is 10.4. The summed E-state index contributed by atoms with van der Waals surface area (Å²) in [5.41, 5.74) is 1.12. The average molecular weight is 346 g/mol. The van der Waals surface area contributed by atoms with Crippen molar-refractivity contribution in [2.45, 2.75) is 31.8 Å². The van der Waals surface area contributed by atoms with Gasteiger partial charge in [0.25, 0.3) is 5.91 Å². The van der Waals surface area contributed by atoms with Crippen LogP contribution in [0, 0.1) is 0 Å². The summed E-state index contributed by atoms with van der Waals surface area (Å²) in [5, 5.41) is 2.70.